The fourth-order valence-corrected chi connectivity index (χ4v) is 2.22. The van der Waals surface area contributed by atoms with Crippen molar-refractivity contribution < 1.29 is 4.79 Å². The first-order chi connectivity index (χ1) is 8.41. The monoisotopic (exact) mass is 313 g/mol. The topological polar surface area (TPSA) is 45.2 Å². The maximum absolute atomic E-state index is 12.0. The van der Waals surface area contributed by atoms with E-state index in [4.69, 9.17) is 0 Å². The first-order valence-corrected chi connectivity index (χ1v) is 6.77. The van der Waals surface area contributed by atoms with E-state index in [1.165, 1.54) is 0 Å². The lowest BCUT2D eigenvalue weighted by molar-refractivity contribution is 0.0934. The summed E-state index contributed by atoms with van der Waals surface area (Å²) >= 11 is 3.26. The first kappa shape index (κ1) is 15.1. The third-order valence-corrected chi connectivity index (χ3v) is 3.33. The van der Waals surface area contributed by atoms with E-state index >= 15 is 0 Å². The number of carbonyl (C=O) groups excluding carboxylic acids is 1. The van der Waals surface area contributed by atoms with E-state index in [0.29, 0.717) is 28.7 Å². The molecule has 1 aromatic rings. The number of aromatic nitrogens is 1. The molecule has 0 bridgehead atoms. The molecule has 5 heteroatoms. The van der Waals surface area contributed by atoms with E-state index in [-0.39, 0.29) is 5.91 Å². The van der Waals surface area contributed by atoms with Crippen molar-refractivity contribution in [1.29, 1.82) is 0 Å². The number of carbonyl (C=O) groups is 1. The van der Waals surface area contributed by atoms with Crippen molar-refractivity contribution in [2.75, 3.05) is 20.6 Å². The Morgan fingerprint density at radius 3 is 2.67 bits per heavy atom. The van der Waals surface area contributed by atoms with Crippen LogP contribution < -0.4 is 5.32 Å². The van der Waals surface area contributed by atoms with Crippen LogP contribution in [0.5, 0.6) is 0 Å². The third-order valence-electron chi connectivity index (χ3n) is 2.89. The van der Waals surface area contributed by atoms with Crippen LogP contribution in [0.25, 0.3) is 0 Å². The second kappa shape index (κ2) is 6.85. The molecular weight excluding hydrogens is 294 g/mol. The maximum Gasteiger partial charge on any atom is 0.251 e. The lowest BCUT2D eigenvalue weighted by Gasteiger charge is -2.28. The number of nitrogens with zero attached hydrogens (tertiary/aromatic N) is 2. The molecule has 0 aromatic carbocycles. The quantitative estimate of drug-likeness (QED) is 0.847. The highest BCUT2D eigenvalue weighted by Gasteiger charge is 2.17. The van der Waals surface area contributed by atoms with Gasteiger partial charge in [0.15, 0.2) is 0 Å². The van der Waals surface area contributed by atoms with Crippen LogP contribution in [0.2, 0.25) is 0 Å². The van der Waals surface area contributed by atoms with Crippen LogP contribution in [0.1, 0.15) is 24.2 Å². The number of pyridine rings is 1. The van der Waals surface area contributed by atoms with Gasteiger partial charge in [0.05, 0.1) is 0 Å². The molecule has 0 saturated carbocycles. The molecule has 18 heavy (non-hydrogen) atoms. The fraction of sp³-hybridized carbons (Fsp3) is 0.538. The van der Waals surface area contributed by atoms with Gasteiger partial charge in [-0.2, -0.15) is 0 Å². The summed E-state index contributed by atoms with van der Waals surface area (Å²) in [5.41, 5.74) is 0.623. The Labute approximate surface area is 117 Å². The summed E-state index contributed by atoms with van der Waals surface area (Å²) in [7, 11) is 4.06. The van der Waals surface area contributed by atoms with Crippen LogP contribution in [0.15, 0.2) is 22.9 Å². The maximum atomic E-state index is 12.0. The van der Waals surface area contributed by atoms with Gasteiger partial charge in [0.1, 0.15) is 4.60 Å². The van der Waals surface area contributed by atoms with Gasteiger partial charge in [-0.25, -0.2) is 4.98 Å². The largest absolute Gasteiger partial charge is 0.350 e. The minimum absolute atomic E-state index is 0.0643. The van der Waals surface area contributed by atoms with Crippen LogP contribution in [0.4, 0.5) is 0 Å². The molecule has 0 aliphatic heterocycles. The van der Waals surface area contributed by atoms with Gasteiger partial charge in [-0.1, -0.05) is 13.8 Å². The number of rotatable bonds is 5. The van der Waals surface area contributed by atoms with Gasteiger partial charge in [-0.3, -0.25) is 4.79 Å². The Bertz CT molecular complexity index is 399. The summed E-state index contributed by atoms with van der Waals surface area (Å²) in [4.78, 5) is 18.1. The molecule has 1 aromatic heterocycles. The molecule has 100 valence electrons. The number of likely N-dealkylation sites (N-methyl/N-ethyl adjacent to an activating group) is 1. The first-order valence-electron chi connectivity index (χ1n) is 5.98. The summed E-state index contributed by atoms with van der Waals surface area (Å²) in [5.74, 6) is 0.426. The summed E-state index contributed by atoms with van der Waals surface area (Å²) < 4.78 is 0.670. The van der Waals surface area contributed by atoms with Gasteiger partial charge in [-0.05, 0) is 48.1 Å². The molecule has 1 unspecified atom stereocenters. The molecule has 1 heterocycles. The minimum atomic E-state index is -0.0643. The second-order valence-electron chi connectivity index (χ2n) is 4.85. The van der Waals surface area contributed by atoms with Gasteiger partial charge < -0.3 is 10.2 Å². The zero-order chi connectivity index (χ0) is 13.7. The highest BCUT2D eigenvalue weighted by Crippen LogP contribution is 2.09. The third kappa shape index (κ3) is 4.38. The van der Waals surface area contributed by atoms with Crippen molar-refractivity contribution in [1.82, 2.24) is 15.2 Å². The Morgan fingerprint density at radius 1 is 1.50 bits per heavy atom. The zero-order valence-electron chi connectivity index (χ0n) is 11.3. The van der Waals surface area contributed by atoms with E-state index in [1.807, 2.05) is 14.1 Å². The molecule has 0 aliphatic rings. The average Bonchev–Trinajstić information content (AvgIpc) is 2.28. The molecule has 1 N–H and O–H groups in total. The summed E-state index contributed by atoms with van der Waals surface area (Å²) in [6, 6.07) is 3.76. The lowest BCUT2D eigenvalue weighted by Crippen LogP contribution is -2.43. The van der Waals surface area contributed by atoms with Gasteiger partial charge in [0, 0.05) is 24.3 Å². The summed E-state index contributed by atoms with van der Waals surface area (Å²) in [6.07, 6.45) is 1.62. The molecule has 0 fully saturated rings. The van der Waals surface area contributed by atoms with Gasteiger partial charge >= 0.3 is 0 Å². The Morgan fingerprint density at radius 2 is 2.17 bits per heavy atom. The number of amides is 1. The van der Waals surface area contributed by atoms with E-state index < -0.39 is 0 Å². The van der Waals surface area contributed by atoms with Crippen molar-refractivity contribution in [3.8, 4) is 0 Å². The van der Waals surface area contributed by atoms with Crippen LogP contribution in [0, 0.1) is 5.92 Å². The van der Waals surface area contributed by atoms with Crippen molar-refractivity contribution in [3.05, 3.63) is 28.5 Å². The van der Waals surface area contributed by atoms with Crippen molar-refractivity contribution in [2.24, 2.45) is 5.92 Å². The molecule has 1 amide bonds. The highest BCUT2D eigenvalue weighted by molar-refractivity contribution is 9.10. The Balaban J connectivity index is 2.60. The Hall–Kier alpha value is -0.940. The van der Waals surface area contributed by atoms with E-state index in [9.17, 15) is 4.79 Å². The van der Waals surface area contributed by atoms with E-state index in [0.717, 1.165) is 0 Å². The standard InChI is InChI=1S/C13H20BrN3O/c1-9(2)11(17(3)4)8-16-13(18)10-5-6-15-12(14)7-10/h5-7,9,11H,8H2,1-4H3,(H,16,18). The predicted molar refractivity (Wildman–Crippen MR) is 76.6 cm³/mol. The molecule has 0 saturated heterocycles. The predicted octanol–water partition coefficient (Wildman–Crippen LogP) is 2.16. The van der Waals surface area contributed by atoms with Crippen molar-refractivity contribution in [3.63, 3.8) is 0 Å². The minimum Gasteiger partial charge on any atom is -0.350 e. The molecule has 1 rings (SSSR count). The molecule has 0 radical (unpaired) electrons. The SMILES string of the molecule is CC(C)C(CNC(=O)c1ccnc(Br)c1)N(C)C. The smallest absolute Gasteiger partial charge is 0.251 e. The average molecular weight is 314 g/mol. The highest BCUT2D eigenvalue weighted by atomic mass is 79.9. The number of hydrogen-bond acceptors (Lipinski definition) is 3. The molecule has 4 nitrogen and oxygen atoms in total. The Kier molecular flexibility index (Phi) is 5.75. The molecule has 1 atom stereocenters. The molecule has 0 spiro atoms. The summed E-state index contributed by atoms with van der Waals surface area (Å²) in [5, 5.41) is 2.96. The molecule has 0 aliphatic carbocycles. The number of nitrogens with one attached hydrogen (secondary N) is 1. The van der Waals surface area contributed by atoms with Crippen LogP contribution in [0.3, 0.4) is 0 Å². The van der Waals surface area contributed by atoms with Crippen LogP contribution >= 0.6 is 15.9 Å². The van der Waals surface area contributed by atoms with Gasteiger partial charge in [-0.15, -0.1) is 0 Å². The molecular formula is C13H20BrN3O. The van der Waals surface area contributed by atoms with Crippen LogP contribution in [-0.4, -0.2) is 42.5 Å². The van der Waals surface area contributed by atoms with Gasteiger partial charge in [0.2, 0.25) is 0 Å². The second-order valence-corrected chi connectivity index (χ2v) is 5.66. The van der Waals surface area contributed by atoms with Crippen molar-refractivity contribution >= 4 is 21.8 Å². The number of hydrogen-bond donors (Lipinski definition) is 1. The fourth-order valence-electron chi connectivity index (χ4n) is 1.86. The zero-order valence-corrected chi connectivity index (χ0v) is 12.9. The van der Waals surface area contributed by atoms with Crippen LogP contribution in [-0.2, 0) is 0 Å². The van der Waals surface area contributed by atoms with E-state index in [1.54, 1.807) is 18.3 Å². The number of halogens is 1. The van der Waals surface area contributed by atoms with Gasteiger partial charge in [0.25, 0.3) is 5.91 Å². The summed E-state index contributed by atoms with van der Waals surface area (Å²) in [6.45, 7) is 4.95. The normalized spacial score (nSPS) is 12.8. The van der Waals surface area contributed by atoms with Crippen molar-refractivity contribution in [2.45, 2.75) is 19.9 Å². The lowest BCUT2D eigenvalue weighted by atomic mass is 10.0. The van der Waals surface area contributed by atoms with E-state index in [2.05, 4.69) is 45.0 Å².